The number of halogens is 5. The Bertz CT molecular complexity index is 1030. The van der Waals surface area contributed by atoms with Crippen LogP contribution in [0.5, 0.6) is 0 Å². The molecule has 0 spiro atoms. The van der Waals surface area contributed by atoms with E-state index >= 15 is 0 Å². The number of nitrogens with two attached hydrogens (primary N) is 1. The average Bonchev–Trinajstić information content (AvgIpc) is 3.17. The molecule has 1 saturated carbocycles. The number of benzene rings is 2. The van der Waals surface area contributed by atoms with Crippen LogP contribution in [0.3, 0.4) is 0 Å². The van der Waals surface area contributed by atoms with E-state index in [4.69, 9.17) is 52.1 Å². The Labute approximate surface area is 187 Å². The van der Waals surface area contributed by atoms with Gasteiger partial charge in [-0.1, -0.05) is 58.5 Å². The highest BCUT2D eigenvalue weighted by Crippen LogP contribution is 2.74. The van der Waals surface area contributed by atoms with Crippen LogP contribution in [0, 0.1) is 12.7 Å². The highest BCUT2D eigenvalue weighted by atomic mass is 35.5. The molecule has 2 aromatic carbocycles. The molecule has 2 amide bonds. The number of carbonyl (C=O) groups excluding carboxylic acids is 2. The SMILES string of the molecule is CCNC(=O)c1cc(C2(C(N)=O)C(c3ccc(F)c(Cl)c3)C2(Cl)Cl)cc(C)c1Cl. The summed E-state index contributed by atoms with van der Waals surface area (Å²) in [5.41, 5.74) is 5.75. The molecule has 29 heavy (non-hydrogen) atoms. The molecule has 0 bridgehead atoms. The van der Waals surface area contributed by atoms with Crippen molar-refractivity contribution in [3.8, 4) is 0 Å². The quantitative estimate of drug-likeness (QED) is 0.602. The zero-order chi connectivity index (χ0) is 21.7. The van der Waals surface area contributed by atoms with E-state index in [0.717, 1.165) is 0 Å². The summed E-state index contributed by atoms with van der Waals surface area (Å²) in [6.07, 6.45) is 0. The van der Waals surface area contributed by atoms with Crippen LogP contribution >= 0.6 is 46.4 Å². The molecule has 0 heterocycles. The van der Waals surface area contributed by atoms with E-state index in [1.165, 1.54) is 24.3 Å². The van der Waals surface area contributed by atoms with E-state index in [0.29, 0.717) is 23.2 Å². The highest BCUT2D eigenvalue weighted by Gasteiger charge is 2.80. The lowest BCUT2D eigenvalue weighted by atomic mass is 9.87. The van der Waals surface area contributed by atoms with E-state index in [-0.39, 0.29) is 15.6 Å². The summed E-state index contributed by atoms with van der Waals surface area (Å²) in [6, 6.07) is 7.07. The minimum absolute atomic E-state index is 0.132. The van der Waals surface area contributed by atoms with Crippen LogP contribution in [0.2, 0.25) is 10.0 Å². The van der Waals surface area contributed by atoms with Crippen molar-refractivity contribution in [3.05, 3.63) is 68.4 Å². The minimum atomic E-state index is -1.63. The number of aryl methyl sites for hydroxylation is 1. The van der Waals surface area contributed by atoms with Gasteiger partial charge in [-0.05, 0) is 48.7 Å². The monoisotopic (exact) mass is 476 g/mol. The number of carbonyl (C=O) groups is 2. The summed E-state index contributed by atoms with van der Waals surface area (Å²) in [6.45, 7) is 3.86. The molecule has 1 aliphatic rings. The van der Waals surface area contributed by atoms with Gasteiger partial charge in [0.15, 0.2) is 0 Å². The fourth-order valence-corrected chi connectivity index (χ4v) is 5.26. The van der Waals surface area contributed by atoms with Crippen LogP contribution in [0.25, 0.3) is 0 Å². The van der Waals surface area contributed by atoms with Crippen LogP contribution in [-0.2, 0) is 10.2 Å². The van der Waals surface area contributed by atoms with Gasteiger partial charge in [0.1, 0.15) is 15.6 Å². The van der Waals surface area contributed by atoms with Crippen LogP contribution in [0.1, 0.15) is 39.9 Å². The van der Waals surface area contributed by atoms with Gasteiger partial charge in [0.2, 0.25) is 5.91 Å². The van der Waals surface area contributed by atoms with Crippen molar-refractivity contribution in [1.29, 1.82) is 0 Å². The first-order chi connectivity index (χ1) is 13.5. The van der Waals surface area contributed by atoms with E-state index in [1.807, 2.05) is 0 Å². The van der Waals surface area contributed by atoms with Crippen molar-refractivity contribution in [2.45, 2.75) is 29.5 Å². The number of hydrogen-bond donors (Lipinski definition) is 2. The van der Waals surface area contributed by atoms with Crippen LogP contribution in [-0.4, -0.2) is 22.7 Å². The highest BCUT2D eigenvalue weighted by molar-refractivity contribution is 6.55. The summed E-state index contributed by atoms with van der Waals surface area (Å²) in [4.78, 5) is 25.1. The van der Waals surface area contributed by atoms with Gasteiger partial charge in [-0.3, -0.25) is 9.59 Å². The van der Waals surface area contributed by atoms with Gasteiger partial charge in [0, 0.05) is 12.5 Å². The Hall–Kier alpha value is -1.53. The standard InChI is InChI=1S/C20H17Cl4FN2O2/c1-3-27-17(28)12-8-11(6-9(2)15(12)22)19(18(26)29)16(20(19,23)24)10-4-5-14(25)13(21)7-10/h4-8,16H,3H2,1-2H3,(H2,26,29)(H,27,28). The van der Waals surface area contributed by atoms with Crippen LogP contribution < -0.4 is 11.1 Å². The van der Waals surface area contributed by atoms with Crippen molar-refractivity contribution < 1.29 is 14.0 Å². The Morgan fingerprint density at radius 1 is 1.21 bits per heavy atom. The summed E-state index contributed by atoms with van der Waals surface area (Å²) in [7, 11) is 0. The minimum Gasteiger partial charge on any atom is -0.369 e. The third kappa shape index (κ3) is 3.28. The number of amides is 2. The number of primary amides is 1. The number of nitrogens with one attached hydrogen (secondary N) is 1. The van der Waals surface area contributed by atoms with Gasteiger partial charge >= 0.3 is 0 Å². The number of hydrogen-bond acceptors (Lipinski definition) is 2. The van der Waals surface area contributed by atoms with Gasteiger partial charge < -0.3 is 11.1 Å². The smallest absolute Gasteiger partial charge is 0.252 e. The maximum Gasteiger partial charge on any atom is 0.252 e. The fourth-order valence-electron chi connectivity index (χ4n) is 3.78. The lowest BCUT2D eigenvalue weighted by Gasteiger charge is -2.19. The average molecular weight is 478 g/mol. The number of rotatable bonds is 5. The molecule has 3 rings (SSSR count). The van der Waals surface area contributed by atoms with Gasteiger partial charge in [0.05, 0.1) is 15.6 Å². The van der Waals surface area contributed by atoms with Crippen molar-refractivity contribution in [2.75, 3.05) is 6.54 Å². The Kier molecular flexibility index (Phi) is 5.82. The predicted octanol–water partition coefficient (Wildman–Crippen LogP) is 4.89. The van der Waals surface area contributed by atoms with Gasteiger partial charge in [-0.15, -0.1) is 0 Å². The lowest BCUT2D eigenvalue weighted by Crippen LogP contribution is -2.34. The largest absolute Gasteiger partial charge is 0.369 e. The fraction of sp³-hybridized carbons (Fsp3) is 0.300. The maximum absolute atomic E-state index is 13.6. The molecule has 0 saturated heterocycles. The second kappa shape index (κ2) is 7.62. The van der Waals surface area contributed by atoms with Gasteiger partial charge in [0.25, 0.3) is 5.91 Å². The van der Waals surface area contributed by atoms with Gasteiger partial charge in [-0.2, -0.15) is 0 Å². The van der Waals surface area contributed by atoms with Crippen molar-refractivity contribution in [1.82, 2.24) is 5.32 Å². The first-order valence-corrected chi connectivity index (χ1v) is 10.2. The van der Waals surface area contributed by atoms with Crippen LogP contribution in [0.4, 0.5) is 4.39 Å². The van der Waals surface area contributed by atoms with E-state index in [1.54, 1.807) is 19.9 Å². The summed E-state index contributed by atoms with van der Waals surface area (Å²) < 4.78 is 12.0. The lowest BCUT2D eigenvalue weighted by molar-refractivity contribution is -0.120. The second-order valence-corrected chi connectivity index (χ2v) is 9.09. The van der Waals surface area contributed by atoms with Crippen molar-refractivity contribution in [2.24, 2.45) is 5.73 Å². The molecule has 1 aliphatic carbocycles. The molecular formula is C20H17Cl4FN2O2. The normalized spacial score (nSPS) is 22.2. The van der Waals surface area contributed by atoms with E-state index in [9.17, 15) is 14.0 Å². The molecule has 1 fully saturated rings. The van der Waals surface area contributed by atoms with E-state index < -0.39 is 33.3 Å². The maximum atomic E-state index is 13.6. The predicted molar refractivity (Wildman–Crippen MR) is 114 cm³/mol. The Balaban J connectivity index is 2.21. The second-order valence-electron chi connectivity index (χ2n) is 6.92. The number of alkyl halides is 2. The molecule has 2 atom stereocenters. The molecule has 3 N–H and O–H groups in total. The molecule has 0 aromatic heterocycles. The zero-order valence-electron chi connectivity index (χ0n) is 15.5. The first kappa shape index (κ1) is 22.2. The molecular weight excluding hydrogens is 461 g/mol. The third-order valence-corrected chi connectivity index (χ3v) is 7.02. The molecule has 0 radical (unpaired) electrons. The molecule has 2 unspecified atom stereocenters. The summed E-state index contributed by atoms with van der Waals surface area (Å²) >= 11 is 25.3. The Morgan fingerprint density at radius 3 is 2.41 bits per heavy atom. The van der Waals surface area contributed by atoms with Crippen molar-refractivity contribution in [3.63, 3.8) is 0 Å². The molecule has 0 aliphatic heterocycles. The van der Waals surface area contributed by atoms with E-state index in [2.05, 4.69) is 5.32 Å². The molecule has 154 valence electrons. The molecule has 2 aromatic rings. The summed E-state index contributed by atoms with van der Waals surface area (Å²) in [5.74, 6) is -2.59. The Morgan fingerprint density at radius 2 is 1.86 bits per heavy atom. The zero-order valence-corrected chi connectivity index (χ0v) is 18.5. The topological polar surface area (TPSA) is 72.2 Å². The summed E-state index contributed by atoms with van der Waals surface area (Å²) in [5, 5.41) is 2.79. The first-order valence-electron chi connectivity index (χ1n) is 8.71. The van der Waals surface area contributed by atoms with Crippen LogP contribution in [0.15, 0.2) is 30.3 Å². The third-order valence-electron chi connectivity index (χ3n) is 5.20. The molecule has 4 nitrogen and oxygen atoms in total. The van der Waals surface area contributed by atoms with Crippen molar-refractivity contribution >= 4 is 58.2 Å². The van der Waals surface area contributed by atoms with Gasteiger partial charge in [-0.25, -0.2) is 4.39 Å². The molecule has 9 heteroatoms.